The van der Waals surface area contributed by atoms with Gasteiger partial charge in [0, 0.05) is 36.3 Å². The molecule has 1 aliphatic carbocycles. The van der Waals surface area contributed by atoms with Crippen LogP contribution < -0.4 is 20.8 Å². The van der Waals surface area contributed by atoms with Gasteiger partial charge in [-0.1, -0.05) is 24.3 Å². The average molecular weight is 479 g/mol. The molecule has 180 valence electrons. The summed E-state index contributed by atoms with van der Waals surface area (Å²) in [6, 6.07) is 16.4. The number of hydrogen-bond donors (Lipinski definition) is 2. The Morgan fingerprint density at radius 1 is 0.972 bits per heavy atom. The van der Waals surface area contributed by atoms with Gasteiger partial charge in [0.2, 0.25) is 6.79 Å². The number of fused-ring (bicyclic) bond motifs is 4. The zero-order chi connectivity index (χ0) is 24.2. The van der Waals surface area contributed by atoms with E-state index in [1.807, 2.05) is 30.5 Å². The maximum Gasteiger partial charge on any atom is 0.275 e. The lowest BCUT2D eigenvalue weighted by atomic mass is 9.91. The Labute approximate surface area is 207 Å². The second kappa shape index (κ2) is 8.24. The van der Waals surface area contributed by atoms with Crippen LogP contribution in [0.4, 0.5) is 0 Å². The summed E-state index contributed by atoms with van der Waals surface area (Å²) in [6.45, 7) is 1.31. The molecule has 0 atom stereocenters. The summed E-state index contributed by atoms with van der Waals surface area (Å²) in [7, 11) is 0. The van der Waals surface area contributed by atoms with Gasteiger partial charge in [-0.05, 0) is 66.1 Å². The molecule has 5 aromatic rings. The SMILES string of the molecule is NCc1cccc(Cn2cc(-c3nc4cc5c(cc4[nH]c3=O)CCCC5)c3cc4c(cc32)OCO4)c1. The van der Waals surface area contributed by atoms with E-state index in [1.165, 1.54) is 24.0 Å². The maximum absolute atomic E-state index is 13.3. The highest BCUT2D eigenvalue weighted by molar-refractivity contribution is 5.98. The van der Waals surface area contributed by atoms with E-state index in [9.17, 15) is 4.79 Å². The van der Waals surface area contributed by atoms with Gasteiger partial charge in [-0.3, -0.25) is 4.79 Å². The monoisotopic (exact) mass is 478 g/mol. The third-order valence-corrected chi connectivity index (χ3v) is 7.37. The van der Waals surface area contributed by atoms with Crippen LogP contribution in [0.2, 0.25) is 0 Å². The zero-order valence-corrected chi connectivity index (χ0v) is 19.8. The molecule has 3 aromatic carbocycles. The number of benzene rings is 3. The third-order valence-electron chi connectivity index (χ3n) is 7.37. The summed E-state index contributed by atoms with van der Waals surface area (Å²) in [5.41, 5.74) is 14.3. The number of aryl methyl sites for hydroxylation is 2. The van der Waals surface area contributed by atoms with E-state index in [2.05, 4.69) is 33.8 Å². The van der Waals surface area contributed by atoms with E-state index in [-0.39, 0.29) is 12.4 Å². The minimum atomic E-state index is -0.194. The number of aromatic amines is 1. The molecule has 36 heavy (non-hydrogen) atoms. The van der Waals surface area contributed by atoms with E-state index >= 15 is 0 Å². The van der Waals surface area contributed by atoms with Crippen LogP contribution in [0.15, 0.2) is 59.5 Å². The molecule has 0 amide bonds. The molecule has 0 fully saturated rings. The second-order valence-electron chi connectivity index (χ2n) is 9.68. The predicted octanol–water partition coefficient (Wildman–Crippen LogP) is 4.66. The van der Waals surface area contributed by atoms with Gasteiger partial charge in [-0.25, -0.2) is 4.98 Å². The number of nitrogens with one attached hydrogen (secondary N) is 1. The van der Waals surface area contributed by atoms with Gasteiger partial charge in [0.15, 0.2) is 11.5 Å². The van der Waals surface area contributed by atoms with Crippen molar-refractivity contribution in [3.63, 3.8) is 0 Å². The Morgan fingerprint density at radius 3 is 2.58 bits per heavy atom. The van der Waals surface area contributed by atoms with Crippen molar-refractivity contribution in [2.75, 3.05) is 6.79 Å². The molecule has 0 bridgehead atoms. The Kier molecular flexibility index (Phi) is 4.85. The number of ether oxygens (including phenoxy) is 2. The molecule has 2 aliphatic rings. The molecule has 7 nitrogen and oxygen atoms in total. The molecule has 0 spiro atoms. The highest BCUT2D eigenvalue weighted by Crippen LogP contribution is 2.40. The number of hydrogen-bond acceptors (Lipinski definition) is 5. The summed E-state index contributed by atoms with van der Waals surface area (Å²) in [5.74, 6) is 1.38. The van der Waals surface area contributed by atoms with Gasteiger partial charge < -0.3 is 24.8 Å². The predicted molar refractivity (Wildman–Crippen MR) is 139 cm³/mol. The van der Waals surface area contributed by atoms with Crippen LogP contribution in [0.25, 0.3) is 33.2 Å². The molecule has 7 heteroatoms. The Morgan fingerprint density at radius 2 is 1.75 bits per heavy atom. The van der Waals surface area contributed by atoms with E-state index in [1.54, 1.807) is 0 Å². The topological polar surface area (TPSA) is 95.2 Å². The number of aromatic nitrogens is 3. The summed E-state index contributed by atoms with van der Waals surface area (Å²) in [6.07, 6.45) is 6.52. The van der Waals surface area contributed by atoms with Crippen molar-refractivity contribution in [3.8, 4) is 22.8 Å². The average Bonchev–Trinajstić information content (AvgIpc) is 3.50. The fourth-order valence-electron chi connectivity index (χ4n) is 5.55. The first-order valence-electron chi connectivity index (χ1n) is 12.4. The summed E-state index contributed by atoms with van der Waals surface area (Å²) < 4.78 is 13.5. The molecule has 3 heterocycles. The van der Waals surface area contributed by atoms with Gasteiger partial charge in [-0.2, -0.15) is 0 Å². The van der Waals surface area contributed by atoms with Crippen LogP contribution in [0, 0.1) is 0 Å². The van der Waals surface area contributed by atoms with Gasteiger partial charge in [0.25, 0.3) is 5.56 Å². The lowest BCUT2D eigenvalue weighted by molar-refractivity contribution is 0.174. The lowest BCUT2D eigenvalue weighted by Crippen LogP contribution is -2.12. The minimum absolute atomic E-state index is 0.190. The number of rotatable bonds is 4. The van der Waals surface area contributed by atoms with Gasteiger partial charge in [0.05, 0.1) is 16.6 Å². The first kappa shape index (κ1) is 21.2. The number of nitrogens with two attached hydrogens (primary N) is 1. The van der Waals surface area contributed by atoms with Crippen LogP contribution in [0.5, 0.6) is 11.5 Å². The van der Waals surface area contributed by atoms with Crippen LogP contribution in [0.1, 0.15) is 35.1 Å². The molecule has 3 N–H and O–H groups in total. The van der Waals surface area contributed by atoms with E-state index < -0.39 is 0 Å². The molecular formula is C29H26N4O3. The van der Waals surface area contributed by atoms with Crippen molar-refractivity contribution in [2.45, 2.75) is 38.8 Å². The van der Waals surface area contributed by atoms with Gasteiger partial charge >= 0.3 is 0 Å². The summed E-state index contributed by atoms with van der Waals surface area (Å²) >= 11 is 0. The standard InChI is InChI=1S/C29H26N4O3/c30-13-17-4-3-5-18(8-17)14-33-15-22(21-11-26-27(12-25(21)33)36-16-35-26)28-29(34)32-24-10-20-7-2-1-6-19(20)9-23(24)31-28/h3-5,8-12,15H,1-2,6-7,13-14,16,30H2,(H,32,34). The van der Waals surface area contributed by atoms with Crippen LogP contribution >= 0.6 is 0 Å². The summed E-state index contributed by atoms with van der Waals surface area (Å²) in [4.78, 5) is 21.3. The fourth-order valence-corrected chi connectivity index (χ4v) is 5.55. The number of H-pyrrole nitrogens is 1. The van der Waals surface area contributed by atoms with Crippen LogP contribution in [-0.2, 0) is 25.9 Å². The van der Waals surface area contributed by atoms with Crippen molar-refractivity contribution in [1.82, 2.24) is 14.5 Å². The van der Waals surface area contributed by atoms with Crippen molar-refractivity contribution in [3.05, 3.63) is 87.3 Å². The molecule has 7 rings (SSSR count). The lowest BCUT2D eigenvalue weighted by Gasteiger charge is -2.16. The van der Waals surface area contributed by atoms with Crippen LogP contribution in [-0.4, -0.2) is 21.3 Å². The Balaban J connectivity index is 1.42. The molecule has 0 radical (unpaired) electrons. The Hall–Kier alpha value is -4.10. The molecule has 2 aromatic heterocycles. The fraction of sp³-hybridized carbons (Fsp3) is 0.241. The maximum atomic E-state index is 13.3. The van der Waals surface area contributed by atoms with Crippen molar-refractivity contribution < 1.29 is 9.47 Å². The van der Waals surface area contributed by atoms with E-state index in [4.69, 9.17) is 20.2 Å². The summed E-state index contributed by atoms with van der Waals surface area (Å²) in [5, 5.41) is 0.907. The quantitative estimate of drug-likeness (QED) is 0.392. The molecule has 1 aliphatic heterocycles. The molecule has 0 saturated heterocycles. The highest BCUT2D eigenvalue weighted by Gasteiger charge is 2.22. The van der Waals surface area contributed by atoms with E-state index in [0.717, 1.165) is 51.5 Å². The highest BCUT2D eigenvalue weighted by atomic mass is 16.7. The minimum Gasteiger partial charge on any atom is -0.454 e. The second-order valence-corrected chi connectivity index (χ2v) is 9.68. The van der Waals surface area contributed by atoms with Crippen LogP contribution in [0.3, 0.4) is 0 Å². The normalized spacial score (nSPS) is 14.5. The third kappa shape index (κ3) is 3.46. The van der Waals surface area contributed by atoms with Gasteiger partial charge in [0.1, 0.15) is 5.69 Å². The molecule has 0 saturated carbocycles. The number of nitrogens with zero attached hydrogens (tertiary/aromatic N) is 2. The van der Waals surface area contributed by atoms with Crippen molar-refractivity contribution in [2.24, 2.45) is 5.73 Å². The first-order valence-corrected chi connectivity index (χ1v) is 12.4. The van der Waals surface area contributed by atoms with Crippen molar-refractivity contribution >= 4 is 21.9 Å². The zero-order valence-electron chi connectivity index (χ0n) is 19.8. The van der Waals surface area contributed by atoms with Crippen molar-refractivity contribution in [1.29, 1.82) is 0 Å². The largest absolute Gasteiger partial charge is 0.454 e. The smallest absolute Gasteiger partial charge is 0.275 e. The Bertz CT molecular complexity index is 1720. The molecular weight excluding hydrogens is 452 g/mol. The molecule has 0 unspecified atom stereocenters. The van der Waals surface area contributed by atoms with Gasteiger partial charge in [-0.15, -0.1) is 0 Å². The van der Waals surface area contributed by atoms with E-state index in [0.29, 0.717) is 30.3 Å². The first-order chi connectivity index (χ1) is 17.7.